The van der Waals surface area contributed by atoms with Crippen LogP contribution in [0.3, 0.4) is 0 Å². The third kappa shape index (κ3) is 3.32. The molecule has 0 spiro atoms. The zero-order valence-corrected chi connectivity index (χ0v) is 14.1. The predicted octanol–water partition coefficient (Wildman–Crippen LogP) is 2.38. The van der Waals surface area contributed by atoms with Gasteiger partial charge in [-0.05, 0) is 12.1 Å². The molecule has 0 bridgehead atoms. The lowest BCUT2D eigenvalue weighted by atomic mass is 10.3. The first-order valence-electron chi connectivity index (χ1n) is 7.31. The number of hydrogen-bond donors (Lipinski definition) is 2. The summed E-state index contributed by atoms with van der Waals surface area (Å²) in [6.07, 6.45) is 2.15. The van der Waals surface area contributed by atoms with Gasteiger partial charge in [-0.25, -0.2) is 9.78 Å². The molecule has 1 aromatic carbocycles. The first-order valence-corrected chi connectivity index (χ1v) is 8.07. The number of rotatable bonds is 2. The third-order valence-electron chi connectivity index (χ3n) is 3.81. The largest absolute Gasteiger partial charge is 0.364 e. The lowest BCUT2D eigenvalue weighted by molar-refractivity contribution is 0.0995. The summed E-state index contributed by atoms with van der Waals surface area (Å²) >= 11 is 12.0. The second kappa shape index (κ2) is 6.70. The number of nitrogens with zero attached hydrogens (tertiary/aromatic N) is 3. The van der Waals surface area contributed by atoms with E-state index in [-0.39, 0.29) is 11.7 Å². The molecule has 0 saturated heterocycles. The predicted molar refractivity (Wildman–Crippen MR) is 91.5 cm³/mol. The Kier molecular flexibility index (Phi) is 4.64. The normalized spacial score (nSPS) is 14.0. The number of nitrogens with two attached hydrogens (primary N) is 1. The molecule has 126 valence electrons. The molecule has 1 aromatic heterocycles. The molecule has 7 nitrogen and oxygen atoms in total. The average Bonchev–Trinajstić information content (AvgIpc) is 2.85. The van der Waals surface area contributed by atoms with Crippen molar-refractivity contribution in [2.75, 3.05) is 18.4 Å². The Balaban J connectivity index is 1.68. The average molecular weight is 368 g/mol. The fourth-order valence-electron chi connectivity index (χ4n) is 2.54. The minimum absolute atomic E-state index is 0.244. The summed E-state index contributed by atoms with van der Waals surface area (Å²) in [5.74, 6) is 0.181. The van der Waals surface area contributed by atoms with Gasteiger partial charge in [0.1, 0.15) is 11.5 Å². The van der Waals surface area contributed by atoms with Crippen molar-refractivity contribution in [1.29, 1.82) is 0 Å². The van der Waals surface area contributed by atoms with Crippen molar-refractivity contribution in [1.82, 2.24) is 14.5 Å². The highest BCUT2D eigenvalue weighted by Crippen LogP contribution is 2.29. The van der Waals surface area contributed by atoms with Gasteiger partial charge in [-0.3, -0.25) is 4.79 Å². The second-order valence-corrected chi connectivity index (χ2v) is 6.15. The van der Waals surface area contributed by atoms with Gasteiger partial charge in [0.05, 0.1) is 15.7 Å². The van der Waals surface area contributed by atoms with Crippen molar-refractivity contribution in [3.05, 3.63) is 46.0 Å². The van der Waals surface area contributed by atoms with E-state index in [9.17, 15) is 9.59 Å². The standard InChI is InChI=1S/C15H15Cl2N5O2/c16-9-2-1-3-10(13(9)17)20-15(24)21-5-4-12-19-11(14(18)23)8-22(12)7-6-21/h1-3,8H,4-7H2,(H2,18,23)(H,20,24). The number of carbonyl (C=O) groups excluding carboxylic acids is 2. The monoisotopic (exact) mass is 367 g/mol. The zero-order valence-electron chi connectivity index (χ0n) is 12.6. The van der Waals surface area contributed by atoms with Crippen LogP contribution in [0.15, 0.2) is 24.4 Å². The minimum atomic E-state index is -0.555. The first-order chi connectivity index (χ1) is 11.5. The van der Waals surface area contributed by atoms with Crippen LogP contribution in [0.25, 0.3) is 0 Å². The van der Waals surface area contributed by atoms with Gasteiger partial charge in [0, 0.05) is 32.3 Å². The zero-order chi connectivity index (χ0) is 17.3. The van der Waals surface area contributed by atoms with Crippen molar-refractivity contribution in [2.45, 2.75) is 13.0 Å². The van der Waals surface area contributed by atoms with Gasteiger partial charge >= 0.3 is 6.03 Å². The molecule has 2 heterocycles. The Bertz CT molecular complexity index is 780. The number of nitrogens with one attached hydrogen (secondary N) is 1. The van der Waals surface area contributed by atoms with E-state index in [1.165, 1.54) is 0 Å². The fraction of sp³-hybridized carbons (Fsp3) is 0.267. The van der Waals surface area contributed by atoms with Gasteiger partial charge in [0.2, 0.25) is 0 Å². The number of benzene rings is 1. The van der Waals surface area contributed by atoms with E-state index >= 15 is 0 Å². The van der Waals surface area contributed by atoms with E-state index in [1.807, 2.05) is 4.57 Å². The summed E-state index contributed by atoms with van der Waals surface area (Å²) in [6.45, 7) is 1.48. The molecule has 0 radical (unpaired) electrons. The van der Waals surface area contributed by atoms with Crippen LogP contribution in [-0.4, -0.2) is 39.5 Å². The summed E-state index contributed by atoms with van der Waals surface area (Å²) in [6, 6.07) is 4.79. The molecule has 9 heteroatoms. The van der Waals surface area contributed by atoms with Crippen LogP contribution in [0.2, 0.25) is 10.0 Å². The number of fused-ring (bicyclic) bond motifs is 1. The Morgan fingerprint density at radius 1 is 1.21 bits per heavy atom. The molecule has 0 aliphatic carbocycles. The third-order valence-corrected chi connectivity index (χ3v) is 4.63. The fourth-order valence-corrected chi connectivity index (χ4v) is 2.89. The minimum Gasteiger partial charge on any atom is -0.364 e. The van der Waals surface area contributed by atoms with Gasteiger partial charge in [-0.1, -0.05) is 29.3 Å². The van der Waals surface area contributed by atoms with Gasteiger partial charge in [-0.2, -0.15) is 0 Å². The smallest absolute Gasteiger partial charge is 0.321 e. The molecule has 3 N–H and O–H groups in total. The van der Waals surface area contributed by atoms with Gasteiger partial charge in [0.25, 0.3) is 5.91 Å². The highest BCUT2D eigenvalue weighted by atomic mass is 35.5. The number of anilines is 1. The quantitative estimate of drug-likeness (QED) is 0.852. The van der Waals surface area contributed by atoms with Crippen LogP contribution in [-0.2, 0) is 13.0 Å². The molecule has 1 aliphatic rings. The number of imidazole rings is 1. The molecular weight excluding hydrogens is 353 g/mol. The van der Waals surface area contributed by atoms with E-state index in [4.69, 9.17) is 28.9 Å². The van der Waals surface area contributed by atoms with Crippen LogP contribution >= 0.6 is 23.2 Å². The van der Waals surface area contributed by atoms with Crippen LogP contribution in [0.5, 0.6) is 0 Å². The molecule has 3 rings (SSSR count). The molecule has 1 aliphatic heterocycles. The van der Waals surface area contributed by atoms with Crippen LogP contribution in [0.1, 0.15) is 16.3 Å². The molecule has 0 saturated carbocycles. The summed E-state index contributed by atoms with van der Waals surface area (Å²) < 4.78 is 1.85. The number of halogens is 2. The van der Waals surface area contributed by atoms with Crippen molar-refractivity contribution in [2.24, 2.45) is 5.73 Å². The molecular formula is C15H15Cl2N5O2. The van der Waals surface area contributed by atoms with E-state index in [2.05, 4.69) is 10.3 Å². The number of primary amides is 1. The number of amides is 3. The van der Waals surface area contributed by atoms with E-state index in [0.29, 0.717) is 41.8 Å². The molecule has 3 amide bonds. The number of urea groups is 1. The van der Waals surface area contributed by atoms with Crippen LogP contribution < -0.4 is 11.1 Å². The molecule has 24 heavy (non-hydrogen) atoms. The van der Waals surface area contributed by atoms with E-state index in [0.717, 1.165) is 5.82 Å². The van der Waals surface area contributed by atoms with E-state index in [1.54, 1.807) is 29.3 Å². The van der Waals surface area contributed by atoms with Crippen molar-refractivity contribution >= 4 is 40.8 Å². The molecule has 0 atom stereocenters. The topological polar surface area (TPSA) is 93.2 Å². The Morgan fingerprint density at radius 3 is 2.75 bits per heavy atom. The Labute approximate surface area is 148 Å². The maximum Gasteiger partial charge on any atom is 0.321 e. The Morgan fingerprint density at radius 2 is 2.00 bits per heavy atom. The van der Waals surface area contributed by atoms with Gasteiger partial charge in [0.15, 0.2) is 0 Å². The number of aromatic nitrogens is 2. The molecule has 2 aromatic rings. The summed E-state index contributed by atoms with van der Waals surface area (Å²) in [5, 5.41) is 3.45. The first kappa shape index (κ1) is 16.6. The van der Waals surface area contributed by atoms with Crippen molar-refractivity contribution < 1.29 is 9.59 Å². The molecule has 0 fully saturated rings. The van der Waals surface area contributed by atoms with Gasteiger partial charge < -0.3 is 20.5 Å². The summed E-state index contributed by atoms with van der Waals surface area (Å²) in [7, 11) is 0. The van der Waals surface area contributed by atoms with Crippen molar-refractivity contribution in [3.63, 3.8) is 0 Å². The lowest BCUT2D eigenvalue weighted by Gasteiger charge is -2.21. The maximum atomic E-state index is 12.4. The lowest BCUT2D eigenvalue weighted by Crippen LogP contribution is -2.37. The van der Waals surface area contributed by atoms with Crippen LogP contribution in [0.4, 0.5) is 10.5 Å². The summed E-state index contributed by atoms with van der Waals surface area (Å²) in [4.78, 5) is 29.5. The SMILES string of the molecule is NC(=O)c1cn2c(n1)CCN(C(=O)Nc1cccc(Cl)c1Cl)CC2. The number of hydrogen-bond acceptors (Lipinski definition) is 3. The highest BCUT2D eigenvalue weighted by molar-refractivity contribution is 6.43. The van der Waals surface area contributed by atoms with Crippen molar-refractivity contribution in [3.8, 4) is 0 Å². The van der Waals surface area contributed by atoms with E-state index < -0.39 is 5.91 Å². The summed E-state index contributed by atoms with van der Waals surface area (Å²) in [5.41, 5.74) is 5.95. The van der Waals surface area contributed by atoms with Crippen LogP contribution in [0, 0.1) is 0 Å². The number of carbonyl (C=O) groups is 2. The highest BCUT2D eigenvalue weighted by Gasteiger charge is 2.21. The second-order valence-electron chi connectivity index (χ2n) is 5.37. The Hall–Kier alpha value is -2.25. The molecule has 0 unspecified atom stereocenters. The maximum absolute atomic E-state index is 12.4. The van der Waals surface area contributed by atoms with Gasteiger partial charge in [-0.15, -0.1) is 0 Å².